The number of hydrogen-bond acceptors (Lipinski definition) is 3. The van der Waals surface area contributed by atoms with Crippen LogP contribution in [-0.2, 0) is 0 Å². The molecule has 0 aliphatic heterocycles. The molecule has 0 heterocycles. The summed E-state index contributed by atoms with van der Waals surface area (Å²) in [7, 11) is 0. The van der Waals surface area contributed by atoms with Crippen LogP contribution in [0.4, 0.5) is 0 Å². The smallest absolute Gasteiger partial charge is 0.0728 e. The van der Waals surface area contributed by atoms with Crippen molar-refractivity contribution in [2.75, 3.05) is 0 Å². The van der Waals surface area contributed by atoms with Crippen LogP contribution in [0.2, 0.25) is 0 Å². The van der Waals surface area contributed by atoms with Gasteiger partial charge in [0.25, 0.3) is 0 Å². The Morgan fingerprint density at radius 3 is 2.36 bits per heavy atom. The van der Waals surface area contributed by atoms with Crippen LogP contribution in [0.25, 0.3) is 0 Å². The van der Waals surface area contributed by atoms with Gasteiger partial charge in [-0.15, -0.1) is 0 Å². The van der Waals surface area contributed by atoms with Crippen LogP contribution in [-0.4, -0.2) is 33.1 Å². The molecule has 3 unspecified atom stereocenters. The largest absolute Gasteiger partial charge is 0.393 e. The maximum Gasteiger partial charge on any atom is 0.0728 e. The normalized spacial score (nSPS) is 61.2. The molecule has 0 amide bonds. The highest BCUT2D eigenvalue weighted by atomic mass is 16.3. The summed E-state index contributed by atoms with van der Waals surface area (Å²) in [4.78, 5) is 0. The monoisotopic (exact) mass is 308 g/mol. The molecule has 3 heteroatoms. The predicted octanol–water partition coefficient (Wildman–Crippen LogP) is 2.87. The average molecular weight is 308 g/mol. The van der Waals surface area contributed by atoms with Crippen LogP contribution < -0.4 is 0 Å². The van der Waals surface area contributed by atoms with Crippen LogP contribution in [0.15, 0.2) is 0 Å². The fourth-order valence-corrected chi connectivity index (χ4v) is 7.20. The third-order valence-corrected chi connectivity index (χ3v) is 8.73. The van der Waals surface area contributed by atoms with Crippen molar-refractivity contribution in [3.8, 4) is 0 Å². The summed E-state index contributed by atoms with van der Waals surface area (Å²) in [6.45, 7) is 4.60. The quantitative estimate of drug-likeness (QED) is 0.645. The summed E-state index contributed by atoms with van der Waals surface area (Å²) in [5.41, 5.74) is -0.595. The van der Waals surface area contributed by atoms with Gasteiger partial charge < -0.3 is 15.3 Å². The summed E-state index contributed by atoms with van der Waals surface area (Å²) >= 11 is 0. The summed E-state index contributed by atoms with van der Waals surface area (Å²) in [5.74, 6) is 1.87. The van der Waals surface area contributed by atoms with Crippen LogP contribution in [0, 0.1) is 28.6 Å². The Morgan fingerprint density at radius 2 is 1.59 bits per heavy atom. The van der Waals surface area contributed by atoms with Crippen molar-refractivity contribution in [3.63, 3.8) is 0 Å². The minimum absolute atomic E-state index is 0.0377. The molecule has 22 heavy (non-hydrogen) atoms. The molecule has 4 saturated carbocycles. The zero-order chi connectivity index (χ0) is 15.8. The van der Waals surface area contributed by atoms with Gasteiger partial charge in [-0.05, 0) is 80.0 Å². The van der Waals surface area contributed by atoms with Gasteiger partial charge >= 0.3 is 0 Å². The van der Waals surface area contributed by atoms with Gasteiger partial charge in [0.15, 0.2) is 0 Å². The van der Waals surface area contributed by atoms with E-state index in [2.05, 4.69) is 13.8 Å². The molecule has 4 aliphatic rings. The Morgan fingerprint density at radius 1 is 0.818 bits per heavy atom. The molecule has 0 bridgehead atoms. The van der Waals surface area contributed by atoms with E-state index < -0.39 is 5.60 Å². The second kappa shape index (κ2) is 4.70. The second-order valence-corrected chi connectivity index (χ2v) is 9.40. The van der Waals surface area contributed by atoms with Gasteiger partial charge in [-0.3, -0.25) is 0 Å². The minimum atomic E-state index is -0.670. The van der Waals surface area contributed by atoms with Crippen molar-refractivity contribution in [1.29, 1.82) is 0 Å². The maximum absolute atomic E-state index is 11.3. The Kier molecular flexibility index (Phi) is 3.30. The van der Waals surface area contributed by atoms with Crippen molar-refractivity contribution in [2.45, 2.75) is 89.4 Å². The first-order chi connectivity index (χ1) is 10.3. The number of aliphatic hydroxyl groups is 3. The Labute approximate surface area is 134 Å². The standard InChI is InChI=1S/C19H32O3/c1-17-8-7-15-13(14(17)3-4-16(17)21)6-10-19(22)11-12(20)5-9-18(15,19)2/h12-16,20-22H,3-11H2,1-2H3/t12?,13-,14-,15-,16?,17-,18+,19?/m0/s1. The molecular formula is C19H32O3. The van der Waals surface area contributed by atoms with Gasteiger partial charge in [0.1, 0.15) is 0 Å². The number of fused-ring (bicyclic) bond motifs is 5. The van der Waals surface area contributed by atoms with Gasteiger partial charge in [-0.2, -0.15) is 0 Å². The lowest BCUT2D eigenvalue weighted by molar-refractivity contribution is -0.221. The Hall–Kier alpha value is -0.120. The third kappa shape index (κ3) is 1.79. The van der Waals surface area contributed by atoms with Gasteiger partial charge in [0, 0.05) is 6.42 Å². The van der Waals surface area contributed by atoms with E-state index in [-0.39, 0.29) is 23.0 Å². The summed E-state index contributed by atoms with van der Waals surface area (Å²) in [5, 5.41) is 31.8. The van der Waals surface area contributed by atoms with E-state index in [0.29, 0.717) is 24.2 Å². The van der Waals surface area contributed by atoms with Crippen molar-refractivity contribution < 1.29 is 15.3 Å². The van der Waals surface area contributed by atoms with Crippen LogP contribution in [0.5, 0.6) is 0 Å². The number of aliphatic hydroxyl groups excluding tert-OH is 2. The SMILES string of the molecule is C[C@]12CC[C@H]3[C@@H](CCC4(O)CC(O)CC[C@]34C)[C@@H]1CCC2O. The molecule has 0 aromatic rings. The lowest BCUT2D eigenvalue weighted by Crippen LogP contribution is -2.63. The summed E-state index contributed by atoms with van der Waals surface area (Å²) in [6, 6.07) is 0. The molecule has 126 valence electrons. The predicted molar refractivity (Wildman–Crippen MR) is 85.2 cm³/mol. The molecular weight excluding hydrogens is 276 g/mol. The fraction of sp³-hybridized carbons (Fsp3) is 1.00. The van der Waals surface area contributed by atoms with Gasteiger partial charge in [-0.1, -0.05) is 13.8 Å². The molecule has 3 nitrogen and oxygen atoms in total. The first kappa shape index (κ1) is 15.4. The molecule has 0 radical (unpaired) electrons. The number of hydrogen-bond donors (Lipinski definition) is 3. The van der Waals surface area contributed by atoms with E-state index in [1.165, 1.54) is 0 Å². The minimum Gasteiger partial charge on any atom is -0.393 e. The van der Waals surface area contributed by atoms with Gasteiger partial charge in [0.2, 0.25) is 0 Å². The van der Waals surface area contributed by atoms with E-state index in [9.17, 15) is 15.3 Å². The van der Waals surface area contributed by atoms with Crippen LogP contribution in [0.1, 0.15) is 71.6 Å². The Bertz CT molecular complexity index is 466. The van der Waals surface area contributed by atoms with Crippen LogP contribution >= 0.6 is 0 Å². The van der Waals surface area contributed by atoms with Gasteiger partial charge in [0.05, 0.1) is 17.8 Å². The molecule has 3 N–H and O–H groups in total. The Balaban J connectivity index is 1.67. The highest BCUT2D eigenvalue weighted by Crippen LogP contribution is 2.67. The molecule has 0 spiro atoms. The molecule has 0 aromatic heterocycles. The zero-order valence-corrected chi connectivity index (χ0v) is 14.1. The van der Waals surface area contributed by atoms with Crippen molar-refractivity contribution in [3.05, 3.63) is 0 Å². The van der Waals surface area contributed by atoms with Crippen molar-refractivity contribution in [1.82, 2.24) is 0 Å². The lowest BCUT2D eigenvalue weighted by atomic mass is 9.43. The summed E-state index contributed by atoms with van der Waals surface area (Å²) < 4.78 is 0. The fourth-order valence-electron chi connectivity index (χ4n) is 7.20. The molecule has 0 saturated heterocycles. The van der Waals surface area contributed by atoms with E-state index in [1.54, 1.807) is 0 Å². The maximum atomic E-state index is 11.3. The van der Waals surface area contributed by atoms with Crippen molar-refractivity contribution >= 4 is 0 Å². The first-order valence-electron chi connectivity index (χ1n) is 9.39. The van der Waals surface area contributed by atoms with Crippen LogP contribution in [0.3, 0.4) is 0 Å². The van der Waals surface area contributed by atoms with E-state index in [1.807, 2.05) is 0 Å². The van der Waals surface area contributed by atoms with Crippen molar-refractivity contribution in [2.24, 2.45) is 28.6 Å². The van der Waals surface area contributed by atoms with Gasteiger partial charge in [-0.25, -0.2) is 0 Å². The van der Waals surface area contributed by atoms with E-state index >= 15 is 0 Å². The lowest BCUT2D eigenvalue weighted by Gasteiger charge is -2.63. The highest BCUT2D eigenvalue weighted by Gasteiger charge is 2.64. The third-order valence-electron chi connectivity index (χ3n) is 8.73. The molecule has 4 aliphatic carbocycles. The summed E-state index contributed by atoms with van der Waals surface area (Å²) in [6.07, 6.45) is 8.21. The van der Waals surface area contributed by atoms with E-state index in [0.717, 1.165) is 51.4 Å². The first-order valence-corrected chi connectivity index (χ1v) is 9.39. The zero-order valence-electron chi connectivity index (χ0n) is 14.1. The van der Waals surface area contributed by atoms with E-state index in [4.69, 9.17) is 0 Å². The molecule has 0 aromatic carbocycles. The second-order valence-electron chi connectivity index (χ2n) is 9.40. The highest BCUT2D eigenvalue weighted by molar-refractivity contribution is 5.14. The molecule has 4 fully saturated rings. The number of rotatable bonds is 0. The molecule has 4 rings (SSSR count). The molecule has 8 atom stereocenters. The topological polar surface area (TPSA) is 60.7 Å². The average Bonchev–Trinajstić information content (AvgIpc) is 2.76.